The second-order valence-corrected chi connectivity index (χ2v) is 32.0. The van der Waals surface area contributed by atoms with Crippen molar-refractivity contribution in [3.63, 3.8) is 0 Å². The van der Waals surface area contributed by atoms with Gasteiger partial charge >= 0.3 is 0 Å². The van der Waals surface area contributed by atoms with Gasteiger partial charge in [-0.25, -0.2) is 0 Å². The van der Waals surface area contributed by atoms with E-state index < -0.39 is 0 Å². The van der Waals surface area contributed by atoms with Gasteiger partial charge in [-0.3, -0.25) is 0 Å². The Bertz CT molecular complexity index is 5140. The molecule has 0 heterocycles. The highest BCUT2D eigenvalue weighted by molar-refractivity contribution is 5.88. The molecule has 0 saturated carbocycles. The summed E-state index contributed by atoms with van der Waals surface area (Å²) >= 11 is 0. The normalized spacial score (nSPS) is 14.8. The van der Waals surface area contributed by atoms with Crippen LogP contribution in [0.25, 0.3) is 55.6 Å². The fraction of sp³-hybridized carbons (Fsp3) is 0.228. The Hall–Kier alpha value is -10.1. The van der Waals surface area contributed by atoms with Crippen molar-refractivity contribution in [3.05, 3.63) is 403 Å². The van der Waals surface area contributed by atoms with Crippen LogP contribution in [0.4, 0.5) is 0 Å². The maximum atomic E-state index is 2.37. The van der Waals surface area contributed by atoms with Crippen LogP contribution < -0.4 is 0 Å². The molecular weight excluding hydrogens is 1210 g/mol. The summed E-state index contributed by atoms with van der Waals surface area (Å²) < 4.78 is 0. The summed E-state index contributed by atoms with van der Waals surface area (Å²) in [6.07, 6.45) is 0. The summed E-state index contributed by atoms with van der Waals surface area (Å²) in [7, 11) is 0. The standard InChI is InChI=1S/C26H20.4C16H16.C11H16/c1-19-16-17-23-22-14-8-9-15-24(22)26(25(23)18-19,20-10-4-2-5-11-20)21-12-6-3-7-13-21;1-11-7-6-9-13-12-8-4-5-10-14(12)16(2,3)15(11)13;1-11-7-6-10-14-15(11)12-8-4-5-9-13(12)16(14,2)3;1-11-8-9-15-13(10-11)12-6-4-5-7-14(12)16(15,2)3;1-11-8-9-13-12-6-4-5-7-14(12)16(2,3)15(13)10-11;1-9-5-7-10(8-6-9)11(2,3)4/h2-18H,1H3;4*4-10H,1-3H3;5-8H,1-4H3. The lowest BCUT2D eigenvalue weighted by atomic mass is 9.67. The molecular formula is C101H100. The van der Waals surface area contributed by atoms with Gasteiger partial charge in [0.15, 0.2) is 0 Å². The fourth-order valence-corrected chi connectivity index (χ4v) is 17.3. The third kappa shape index (κ3) is 12.5. The molecule has 0 atom stereocenters. The highest BCUT2D eigenvalue weighted by Crippen LogP contribution is 2.57. The summed E-state index contributed by atoms with van der Waals surface area (Å²) in [6.45, 7) is 38.3. The van der Waals surface area contributed by atoms with Crippen LogP contribution in [0, 0.1) is 41.5 Å². The Morgan fingerprint density at radius 3 is 1.10 bits per heavy atom. The molecule has 0 unspecified atom stereocenters. The molecule has 0 aliphatic heterocycles. The molecule has 0 fully saturated rings. The summed E-state index contributed by atoms with van der Waals surface area (Å²) in [6, 6.07) is 108. The van der Waals surface area contributed by atoms with E-state index in [1.165, 1.54) is 161 Å². The molecule has 0 saturated heterocycles. The van der Waals surface area contributed by atoms with Crippen LogP contribution in [-0.2, 0) is 32.5 Å². The summed E-state index contributed by atoms with van der Waals surface area (Å²) in [5.41, 5.74) is 41.3. The van der Waals surface area contributed by atoms with Gasteiger partial charge in [-0.15, -0.1) is 0 Å². The zero-order chi connectivity index (χ0) is 71.4. The number of rotatable bonds is 2. The highest BCUT2D eigenvalue weighted by Gasteiger charge is 2.46. The van der Waals surface area contributed by atoms with Crippen molar-refractivity contribution in [2.75, 3.05) is 0 Å². The van der Waals surface area contributed by atoms with E-state index in [1.54, 1.807) is 0 Å². The van der Waals surface area contributed by atoms with Gasteiger partial charge in [0, 0.05) is 21.7 Å². The predicted octanol–water partition coefficient (Wildman–Crippen LogP) is 26.9. The van der Waals surface area contributed by atoms with Crippen LogP contribution in [-0.4, -0.2) is 0 Å². The van der Waals surface area contributed by atoms with Crippen molar-refractivity contribution >= 4 is 0 Å². The third-order valence-corrected chi connectivity index (χ3v) is 22.6. The Morgan fingerprint density at radius 1 is 0.218 bits per heavy atom. The first-order chi connectivity index (χ1) is 48.3. The second-order valence-electron chi connectivity index (χ2n) is 32.0. The minimum absolute atomic E-state index is 0.150. The van der Waals surface area contributed by atoms with Crippen molar-refractivity contribution in [2.45, 2.75) is 150 Å². The first-order valence-corrected chi connectivity index (χ1v) is 36.5. The fourth-order valence-electron chi connectivity index (χ4n) is 17.3. The van der Waals surface area contributed by atoms with Crippen molar-refractivity contribution in [2.24, 2.45) is 0 Å². The molecule has 0 amide bonds. The average Bonchev–Trinajstić information content (AvgIpc) is 1.56. The van der Waals surface area contributed by atoms with E-state index in [9.17, 15) is 0 Å². The molecule has 18 rings (SSSR count). The van der Waals surface area contributed by atoms with Gasteiger partial charge in [-0.2, -0.15) is 0 Å². The molecule has 0 N–H and O–H groups in total. The number of hydrogen-bond acceptors (Lipinski definition) is 0. The number of aryl methyl sites for hydroxylation is 6. The topological polar surface area (TPSA) is 0 Å². The van der Waals surface area contributed by atoms with Crippen LogP contribution in [0.15, 0.2) is 297 Å². The molecule has 0 nitrogen and oxygen atoms in total. The van der Waals surface area contributed by atoms with Gasteiger partial charge in [0.1, 0.15) is 0 Å². The molecule has 5 aliphatic carbocycles. The van der Waals surface area contributed by atoms with E-state index in [2.05, 4.69) is 415 Å². The molecule has 13 aromatic rings. The number of fused-ring (bicyclic) bond motifs is 15. The molecule has 13 aromatic carbocycles. The molecule has 0 heteroatoms. The van der Waals surface area contributed by atoms with Crippen molar-refractivity contribution in [1.29, 1.82) is 0 Å². The van der Waals surface area contributed by atoms with E-state index in [0.717, 1.165) is 0 Å². The average molecular weight is 1310 g/mol. The van der Waals surface area contributed by atoms with Gasteiger partial charge in [-0.05, 0) is 186 Å². The van der Waals surface area contributed by atoms with Gasteiger partial charge < -0.3 is 0 Å². The van der Waals surface area contributed by atoms with Gasteiger partial charge in [0.05, 0.1) is 5.41 Å². The van der Waals surface area contributed by atoms with Crippen molar-refractivity contribution in [3.8, 4) is 55.6 Å². The Kier molecular flexibility index (Phi) is 18.6. The maximum absolute atomic E-state index is 2.37. The molecule has 5 aliphatic rings. The number of hydrogen-bond donors (Lipinski definition) is 0. The summed E-state index contributed by atoms with van der Waals surface area (Å²) in [5.74, 6) is 0. The quantitative estimate of drug-likeness (QED) is 0.162. The SMILES string of the molecule is Cc1ccc(C(C)(C)C)cc1.Cc1ccc2c(c1)-c1ccccc1C2(C)C.Cc1ccc2c(c1)C(C)(C)c1ccccc1-2.Cc1ccc2c(c1)C(c1ccccc1)(c1ccccc1)c1ccccc1-2.Cc1cccc2c1-c1ccccc1C2(C)C.Cc1cccc2c1C(C)(C)c1ccccc1-2. The van der Waals surface area contributed by atoms with E-state index >= 15 is 0 Å². The third-order valence-electron chi connectivity index (χ3n) is 22.6. The molecule has 0 radical (unpaired) electrons. The largest absolute Gasteiger partial charge is 0.0713 e. The molecule has 101 heavy (non-hydrogen) atoms. The predicted molar refractivity (Wildman–Crippen MR) is 433 cm³/mol. The van der Waals surface area contributed by atoms with Gasteiger partial charge in [0.25, 0.3) is 0 Å². The summed E-state index contributed by atoms with van der Waals surface area (Å²) in [4.78, 5) is 0. The zero-order valence-corrected chi connectivity index (χ0v) is 62.8. The molecule has 0 bridgehead atoms. The van der Waals surface area contributed by atoms with Gasteiger partial charge in [0.2, 0.25) is 0 Å². The van der Waals surface area contributed by atoms with Crippen LogP contribution in [0.1, 0.15) is 182 Å². The van der Waals surface area contributed by atoms with Crippen LogP contribution in [0.3, 0.4) is 0 Å². The van der Waals surface area contributed by atoms with Crippen molar-refractivity contribution in [1.82, 2.24) is 0 Å². The second kappa shape index (κ2) is 27.1. The smallest absolute Gasteiger partial charge is 0.0622 e. The first kappa shape index (κ1) is 69.3. The van der Waals surface area contributed by atoms with Gasteiger partial charge in [-0.1, -0.05) is 396 Å². The summed E-state index contributed by atoms with van der Waals surface area (Å²) in [5, 5.41) is 0. The van der Waals surface area contributed by atoms with Crippen molar-refractivity contribution < 1.29 is 0 Å². The lowest BCUT2D eigenvalue weighted by Crippen LogP contribution is -2.28. The Morgan fingerprint density at radius 2 is 0.554 bits per heavy atom. The van der Waals surface area contributed by atoms with E-state index in [0.29, 0.717) is 0 Å². The van der Waals surface area contributed by atoms with E-state index in [4.69, 9.17) is 0 Å². The number of benzene rings is 13. The highest BCUT2D eigenvalue weighted by atomic mass is 14.5. The van der Waals surface area contributed by atoms with E-state index in [1.807, 2.05) is 0 Å². The van der Waals surface area contributed by atoms with Crippen LogP contribution in [0.5, 0.6) is 0 Å². The first-order valence-electron chi connectivity index (χ1n) is 36.5. The minimum atomic E-state index is -0.263. The monoisotopic (exact) mass is 1310 g/mol. The Labute approximate surface area is 605 Å². The lowest BCUT2D eigenvalue weighted by Gasteiger charge is -2.34. The van der Waals surface area contributed by atoms with Crippen LogP contribution in [0.2, 0.25) is 0 Å². The Balaban J connectivity index is 0.000000111. The lowest BCUT2D eigenvalue weighted by molar-refractivity contribution is 0.590. The molecule has 0 spiro atoms. The molecule has 0 aromatic heterocycles. The maximum Gasteiger partial charge on any atom is 0.0713 e. The minimum Gasteiger partial charge on any atom is -0.0622 e. The molecule has 504 valence electrons. The van der Waals surface area contributed by atoms with E-state index in [-0.39, 0.29) is 32.5 Å². The van der Waals surface area contributed by atoms with Crippen LogP contribution >= 0.6 is 0 Å². The zero-order valence-electron chi connectivity index (χ0n) is 62.8.